The summed E-state index contributed by atoms with van der Waals surface area (Å²) in [4.78, 5) is 12.7. The van der Waals surface area contributed by atoms with Crippen LogP contribution in [0, 0.1) is 11.3 Å². The Hall–Kier alpha value is -2.11. The molecule has 1 aliphatic rings. The molecule has 2 rings (SSSR count). The van der Waals surface area contributed by atoms with E-state index in [9.17, 15) is 18.0 Å². The van der Waals surface area contributed by atoms with Crippen molar-refractivity contribution in [3.8, 4) is 6.07 Å². The summed E-state index contributed by atoms with van der Waals surface area (Å²) in [7, 11) is 0. The van der Waals surface area contributed by atoms with E-state index in [1.165, 1.54) is 4.90 Å². The number of nitriles is 1. The smallest absolute Gasteiger partial charge is 0.332 e. The molecule has 0 aromatic carbocycles. The standard InChI is InChI=1S/C9H8F3N5O/c10-9(11,12)8-15-14-6-5-16(3-4-17(6)8)7(18)1-2-13/h1,3-5H2. The first kappa shape index (κ1) is 12.3. The van der Waals surface area contributed by atoms with Crippen molar-refractivity contribution in [1.29, 1.82) is 5.26 Å². The van der Waals surface area contributed by atoms with Gasteiger partial charge in [0, 0.05) is 13.1 Å². The molecule has 0 unspecified atom stereocenters. The predicted molar refractivity (Wildman–Crippen MR) is 50.7 cm³/mol. The van der Waals surface area contributed by atoms with Gasteiger partial charge in [-0.15, -0.1) is 10.2 Å². The number of hydrogen-bond acceptors (Lipinski definition) is 4. The fourth-order valence-electron chi connectivity index (χ4n) is 1.76. The van der Waals surface area contributed by atoms with E-state index >= 15 is 0 Å². The van der Waals surface area contributed by atoms with Crippen LogP contribution in [0.5, 0.6) is 0 Å². The van der Waals surface area contributed by atoms with Gasteiger partial charge in [-0.25, -0.2) is 0 Å². The lowest BCUT2D eigenvalue weighted by Crippen LogP contribution is -2.39. The summed E-state index contributed by atoms with van der Waals surface area (Å²) in [5, 5.41) is 14.9. The van der Waals surface area contributed by atoms with Crippen LogP contribution in [0.25, 0.3) is 0 Å². The third kappa shape index (κ3) is 2.13. The molecule has 0 fully saturated rings. The first-order valence-corrected chi connectivity index (χ1v) is 5.07. The maximum Gasteiger partial charge on any atom is 0.451 e. The monoisotopic (exact) mass is 259 g/mol. The van der Waals surface area contributed by atoms with Gasteiger partial charge in [0.15, 0.2) is 5.82 Å². The van der Waals surface area contributed by atoms with E-state index in [2.05, 4.69) is 10.2 Å². The highest BCUT2D eigenvalue weighted by atomic mass is 19.4. The van der Waals surface area contributed by atoms with Gasteiger partial charge >= 0.3 is 6.18 Å². The van der Waals surface area contributed by atoms with Crippen LogP contribution in [0.1, 0.15) is 18.1 Å². The van der Waals surface area contributed by atoms with E-state index in [4.69, 9.17) is 5.26 Å². The van der Waals surface area contributed by atoms with Gasteiger partial charge in [-0.05, 0) is 0 Å². The summed E-state index contributed by atoms with van der Waals surface area (Å²) < 4.78 is 38.6. The molecule has 0 bridgehead atoms. The summed E-state index contributed by atoms with van der Waals surface area (Å²) in [6, 6.07) is 1.70. The van der Waals surface area contributed by atoms with Crippen molar-refractivity contribution in [1.82, 2.24) is 19.7 Å². The zero-order valence-electron chi connectivity index (χ0n) is 9.11. The van der Waals surface area contributed by atoms with Crippen molar-refractivity contribution in [2.24, 2.45) is 0 Å². The highest BCUT2D eigenvalue weighted by Crippen LogP contribution is 2.29. The molecule has 6 nitrogen and oxygen atoms in total. The average Bonchev–Trinajstić information content (AvgIpc) is 2.71. The van der Waals surface area contributed by atoms with E-state index in [0.717, 1.165) is 4.57 Å². The van der Waals surface area contributed by atoms with Gasteiger partial charge in [0.05, 0.1) is 12.6 Å². The summed E-state index contributed by atoms with van der Waals surface area (Å²) >= 11 is 0. The number of alkyl halides is 3. The Morgan fingerprint density at radius 2 is 2.11 bits per heavy atom. The molecular weight excluding hydrogens is 251 g/mol. The number of aromatic nitrogens is 3. The lowest BCUT2D eigenvalue weighted by molar-refractivity contribution is -0.148. The van der Waals surface area contributed by atoms with Crippen molar-refractivity contribution in [2.75, 3.05) is 6.54 Å². The maximum absolute atomic E-state index is 12.5. The van der Waals surface area contributed by atoms with Gasteiger partial charge in [-0.2, -0.15) is 18.4 Å². The predicted octanol–water partition coefficient (Wildman–Crippen LogP) is 0.553. The Balaban J connectivity index is 2.20. The van der Waals surface area contributed by atoms with E-state index in [0.29, 0.717) is 0 Å². The fraction of sp³-hybridized carbons (Fsp3) is 0.556. The van der Waals surface area contributed by atoms with Gasteiger partial charge in [0.1, 0.15) is 6.42 Å². The number of nitrogens with zero attached hydrogens (tertiary/aromatic N) is 5. The van der Waals surface area contributed by atoms with Crippen LogP contribution in [0.2, 0.25) is 0 Å². The SMILES string of the molecule is N#CCC(=O)N1CCn2c(nnc2C(F)(F)F)C1. The Bertz CT molecular complexity index is 515. The Morgan fingerprint density at radius 3 is 2.72 bits per heavy atom. The molecule has 0 saturated carbocycles. The van der Waals surface area contributed by atoms with Crippen LogP contribution < -0.4 is 0 Å². The van der Waals surface area contributed by atoms with E-state index < -0.39 is 17.9 Å². The number of carbonyl (C=O) groups excluding carboxylic acids is 1. The molecule has 1 aliphatic heterocycles. The summed E-state index contributed by atoms with van der Waals surface area (Å²) in [6.07, 6.45) is -4.84. The maximum atomic E-state index is 12.5. The highest BCUT2D eigenvalue weighted by Gasteiger charge is 2.39. The van der Waals surface area contributed by atoms with Gasteiger partial charge in [-0.1, -0.05) is 0 Å². The largest absolute Gasteiger partial charge is 0.451 e. The molecule has 1 amide bonds. The number of amides is 1. The minimum Gasteiger partial charge on any atom is -0.332 e. The molecule has 0 atom stereocenters. The number of carbonyl (C=O) groups is 1. The molecular formula is C9H8F3N5O. The van der Waals surface area contributed by atoms with Crippen LogP contribution in [0.3, 0.4) is 0 Å². The quantitative estimate of drug-likeness (QED) is 0.738. The molecule has 0 aliphatic carbocycles. The molecule has 96 valence electrons. The second kappa shape index (κ2) is 4.29. The van der Waals surface area contributed by atoms with Crippen LogP contribution >= 0.6 is 0 Å². The van der Waals surface area contributed by atoms with E-state index in [-0.39, 0.29) is 31.9 Å². The van der Waals surface area contributed by atoms with E-state index in [1.54, 1.807) is 6.07 Å². The number of fused-ring (bicyclic) bond motifs is 1. The first-order chi connectivity index (χ1) is 8.43. The van der Waals surface area contributed by atoms with Crippen molar-refractivity contribution >= 4 is 5.91 Å². The first-order valence-electron chi connectivity index (χ1n) is 5.07. The average molecular weight is 259 g/mol. The minimum absolute atomic E-state index is 0.0195. The molecule has 1 aromatic heterocycles. The van der Waals surface area contributed by atoms with Crippen molar-refractivity contribution in [3.63, 3.8) is 0 Å². The molecule has 9 heteroatoms. The lowest BCUT2D eigenvalue weighted by Gasteiger charge is -2.27. The van der Waals surface area contributed by atoms with Crippen molar-refractivity contribution in [2.45, 2.75) is 25.7 Å². The number of rotatable bonds is 1. The normalized spacial score (nSPS) is 15.1. The molecule has 0 radical (unpaired) electrons. The number of hydrogen-bond donors (Lipinski definition) is 0. The van der Waals surface area contributed by atoms with Gasteiger partial charge in [0.2, 0.25) is 11.7 Å². The second-order valence-corrected chi connectivity index (χ2v) is 3.74. The molecule has 0 spiro atoms. The zero-order valence-corrected chi connectivity index (χ0v) is 9.11. The topological polar surface area (TPSA) is 74.8 Å². The molecule has 0 N–H and O–H groups in total. The van der Waals surface area contributed by atoms with Crippen molar-refractivity contribution in [3.05, 3.63) is 11.6 Å². The van der Waals surface area contributed by atoms with Gasteiger partial charge < -0.3 is 9.47 Å². The number of halogens is 3. The molecule has 2 heterocycles. The lowest BCUT2D eigenvalue weighted by atomic mass is 10.3. The van der Waals surface area contributed by atoms with Crippen LogP contribution in [-0.4, -0.2) is 32.1 Å². The Morgan fingerprint density at radius 1 is 1.39 bits per heavy atom. The zero-order chi connectivity index (χ0) is 13.3. The summed E-state index contributed by atoms with van der Waals surface area (Å²) in [5.74, 6) is -1.38. The summed E-state index contributed by atoms with van der Waals surface area (Å²) in [5.41, 5.74) is 0. The fourth-order valence-corrected chi connectivity index (χ4v) is 1.76. The highest BCUT2D eigenvalue weighted by molar-refractivity contribution is 5.78. The van der Waals surface area contributed by atoms with Crippen LogP contribution in [0.4, 0.5) is 13.2 Å². The third-order valence-electron chi connectivity index (χ3n) is 2.59. The molecule has 0 saturated heterocycles. The molecule has 1 aromatic rings. The third-order valence-corrected chi connectivity index (χ3v) is 2.59. The summed E-state index contributed by atoms with van der Waals surface area (Å²) in [6.45, 7) is 0.0482. The van der Waals surface area contributed by atoms with Crippen molar-refractivity contribution < 1.29 is 18.0 Å². The van der Waals surface area contributed by atoms with E-state index in [1.807, 2.05) is 0 Å². The van der Waals surface area contributed by atoms with Crippen LogP contribution in [0.15, 0.2) is 0 Å². The second-order valence-electron chi connectivity index (χ2n) is 3.74. The van der Waals surface area contributed by atoms with Gasteiger partial charge in [-0.3, -0.25) is 4.79 Å². The Labute approximate surface area is 99.6 Å². The van der Waals surface area contributed by atoms with Gasteiger partial charge in [0.25, 0.3) is 0 Å². The minimum atomic E-state index is -4.55. The van der Waals surface area contributed by atoms with Crippen LogP contribution in [-0.2, 0) is 24.1 Å². The Kier molecular flexibility index (Phi) is 2.94. The molecule has 18 heavy (non-hydrogen) atoms.